The van der Waals surface area contributed by atoms with Crippen LogP contribution in [0.1, 0.15) is 54.6 Å². The molecule has 5 N–H and O–H groups in total. The number of carboxylic acid groups (broad SMARTS) is 1. The minimum Gasteiger partial charge on any atom is -0.478 e. The summed E-state index contributed by atoms with van der Waals surface area (Å²) in [5, 5.41) is 30.9. The second-order valence-electron chi connectivity index (χ2n) is 11.3. The fourth-order valence-electron chi connectivity index (χ4n) is 5.91. The molecular formula is C30H33Cl2F2N3O3. The number of carboxylic acids is 1. The van der Waals surface area contributed by atoms with Crippen LogP contribution in [0.2, 0.25) is 10.0 Å². The van der Waals surface area contributed by atoms with Crippen molar-refractivity contribution < 1.29 is 23.8 Å². The number of carbonyl (C=O) groups is 1. The van der Waals surface area contributed by atoms with Gasteiger partial charge in [-0.15, -0.1) is 0 Å². The summed E-state index contributed by atoms with van der Waals surface area (Å²) in [5.74, 6) is -3.25. The van der Waals surface area contributed by atoms with Crippen molar-refractivity contribution in [3.05, 3.63) is 99.0 Å². The molecule has 1 saturated heterocycles. The SMILES string of the molecule is CNC1(c2ccc(Cl)cc2F)C(CC(C)(C)C)NC(C(O)Nc2cccc(C(=O)O)c2)C1c1cccc(Cl)c1F. The summed E-state index contributed by atoms with van der Waals surface area (Å²) in [6.45, 7) is 6.13. The largest absolute Gasteiger partial charge is 0.478 e. The summed E-state index contributed by atoms with van der Waals surface area (Å²) in [6.07, 6.45) is -0.827. The second kappa shape index (κ2) is 11.6. The van der Waals surface area contributed by atoms with E-state index in [0.29, 0.717) is 12.1 Å². The second-order valence-corrected chi connectivity index (χ2v) is 12.2. The van der Waals surface area contributed by atoms with E-state index in [2.05, 4.69) is 16.0 Å². The van der Waals surface area contributed by atoms with Crippen molar-refractivity contribution in [2.45, 2.75) is 57.0 Å². The Balaban J connectivity index is 1.93. The maximum absolute atomic E-state index is 15.8. The van der Waals surface area contributed by atoms with E-state index in [0.717, 1.165) is 0 Å². The third-order valence-electron chi connectivity index (χ3n) is 7.48. The number of rotatable bonds is 8. The molecule has 3 aromatic carbocycles. The van der Waals surface area contributed by atoms with E-state index in [-0.39, 0.29) is 32.2 Å². The maximum Gasteiger partial charge on any atom is 0.335 e. The van der Waals surface area contributed by atoms with E-state index < -0.39 is 47.4 Å². The summed E-state index contributed by atoms with van der Waals surface area (Å²) >= 11 is 12.3. The Bertz CT molecular complexity index is 1400. The van der Waals surface area contributed by atoms with Crippen LogP contribution in [-0.2, 0) is 5.54 Å². The van der Waals surface area contributed by atoms with Crippen molar-refractivity contribution in [3.8, 4) is 0 Å². The van der Waals surface area contributed by atoms with Gasteiger partial charge in [0.2, 0.25) is 0 Å². The molecule has 1 fully saturated rings. The Labute approximate surface area is 242 Å². The summed E-state index contributed by atoms with van der Waals surface area (Å²) in [5.41, 5.74) is -0.676. The lowest BCUT2D eigenvalue weighted by molar-refractivity contribution is 0.0696. The van der Waals surface area contributed by atoms with Crippen LogP contribution in [0.5, 0.6) is 0 Å². The van der Waals surface area contributed by atoms with Crippen molar-refractivity contribution in [2.75, 3.05) is 12.4 Å². The predicted molar refractivity (Wildman–Crippen MR) is 154 cm³/mol. The first-order valence-electron chi connectivity index (χ1n) is 12.9. The zero-order chi connectivity index (χ0) is 29.4. The molecule has 6 nitrogen and oxygen atoms in total. The molecule has 40 heavy (non-hydrogen) atoms. The van der Waals surface area contributed by atoms with Gasteiger partial charge in [0.25, 0.3) is 0 Å². The minimum atomic E-state index is -1.35. The van der Waals surface area contributed by atoms with E-state index >= 15 is 8.78 Å². The van der Waals surface area contributed by atoms with Crippen molar-refractivity contribution in [2.24, 2.45) is 5.41 Å². The smallest absolute Gasteiger partial charge is 0.335 e. The molecule has 0 saturated carbocycles. The van der Waals surface area contributed by atoms with E-state index in [4.69, 9.17) is 23.2 Å². The Morgan fingerprint density at radius 3 is 2.42 bits per heavy atom. The number of aliphatic hydroxyl groups is 1. The topological polar surface area (TPSA) is 93.6 Å². The first-order chi connectivity index (χ1) is 18.8. The summed E-state index contributed by atoms with van der Waals surface area (Å²) in [4.78, 5) is 11.5. The van der Waals surface area contributed by atoms with Gasteiger partial charge in [-0.25, -0.2) is 13.6 Å². The third kappa shape index (κ3) is 5.83. The average Bonchev–Trinajstić information content (AvgIpc) is 3.18. The fourth-order valence-corrected chi connectivity index (χ4v) is 6.25. The lowest BCUT2D eigenvalue weighted by atomic mass is 9.67. The van der Waals surface area contributed by atoms with Gasteiger partial charge in [-0.1, -0.05) is 68.2 Å². The molecule has 0 bridgehead atoms. The minimum absolute atomic E-state index is 0.0347. The van der Waals surface area contributed by atoms with Crippen LogP contribution in [-0.4, -0.2) is 41.5 Å². The lowest BCUT2D eigenvalue weighted by Crippen LogP contribution is -2.54. The molecule has 1 heterocycles. The van der Waals surface area contributed by atoms with Gasteiger partial charge >= 0.3 is 5.97 Å². The van der Waals surface area contributed by atoms with Gasteiger partial charge < -0.3 is 26.2 Å². The average molecular weight is 593 g/mol. The molecule has 0 aromatic heterocycles. The molecular weight excluding hydrogens is 559 g/mol. The number of benzene rings is 3. The first kappa shape index (κ1) is 30.2. The zero-order valence-electron chi connectivity index (χ0n) is 22.6. The standard InChI is InChI=1S/C30H33Cl2F2N3O3/c1-29(2,3)15-23-30(35-4,20-12-11-17(31)14-22(20)33)24(19-9-6-10-21(32)25(19)34)26(37-23)27(38)36-18-8-5-7-16(13-18)28(39)40/h5-14,23-24,26-27,35-38H,15H2,1-4H3,(H,39,40). The van der Waals surface area contributed by atoms with E-state index in [1.807, 2.05) is 20.8 Å². The highest BCUT2D eigenvalue weighted by molar-refractivity contribution is 6.31. The Hall–Kier alpha value is -2.75. The monoisotopic (exact) mass is 591 g/mol. The maximum atomic E-state index is 15.8. The summed E-state index contributed by atoms with van der Waals surface area (Å²) in [6, 6.07) is 13.6. The normalized spacial score (nSPS) is 23.7. The van der Waals surface area contributed by atoms with Gasteiger partial charge in [0.15, 0.2) is 0 Å². The number of aromatic carboxylic acids is 1. The molecule has 5 atom stereocenters. The predicted octanol–water partition coefficient (Wildman–Crippen LogP) is 6.38. The van der Waals surface area contributed by atoms with Gasteiger partial charge in [-0.2, -0.15) is 0 Å². The van der Waals surface area contributed by atoms with Crippen molar-refractivity contribution >= 4 is 34.9 Å². The summed E-state index contributed by atoms with van der Waals surface area (Å²) in [7, 11) is 1.68. The molecule has 0 radical (unpaired) electrons. The third-order valence-corrected chi connectivity index (χ3v) is 8.01. The van der Waals surface area contributed by atoms with Crippen LogP contribution in [0.15, 0.2) is 60.7 Å². The fraction of sp³-hybridized carbons (Fsp3) is 0.367. The highest BCUT2D eigenvalue weighted by atomic mass is 35.5. The van der Waals surface area contributed by atoms with Crippen LogP contribution in [0.25, 0.3) is 0 Å². The number of hydrogen-bond acceptors (Lipinski definition) is 5. The molecule has 5 unspecified atom stereocenters. The zero-order valence-corrected chi connectivity index (χ0v) is 24.1. The van der Waals surface area contributed by atoms with Crippen molar-refractivity contribution in [1.82, 2.24) is 10.6 Å². The molecule has 1 aliphatic heterocycles. The van der Waals surface area contributed by atoms with Gasteiger partial charge in [0, 0.05) is 28.2 Å². The first-order valence-corrected chi connectivity index (χ1v) is 13.7. The lowest BCUT2D eigenvalue weighted by Gasteiger charge is -2.43. The van der Waals surface area contributed by atoms with Crippen LogP contribution >= 0.6 is 23.2 Å². The molecule has 0 spiro atoms. The molecule has 4 rings (SSSR count). The quantitative estimate of drug-likeness (QED) is 0.195. The molecule has 10 heteroatoms. The van der Waals surface area contributed by atoms with Crippen molar-refractivity contribution in [1.29, 1.82) is 0 Å². The van der Waals surface area contributed by atoms with Crippen LogP contribution < -0.4 is 16.0 Å². The van der Waals surface area contributed by atoms with Gasteiger partial charge in [-0.3, -0.25) is 0 Å². The number of likely N-dealkylation sites (N-methyl/N-ethyl adjacent to an activating group) is 1. The number of anilines is 1. The van der Waals surface area contributed by atoms with E-state index in [1.165, 1.54) is 24.3 Å². The molecule has 0 amide bonds. The number of halogens is 4. The number of nitrogens with one attached hydrogen (secondary N) is 3. The Kier molecular flexibility index (Phi) is 8.78. The van der Waals surface area contributed by atoms with Crippen LogP contribution in [0.3, 0.4) is 0 Å². The van der Waals surface area contributed by atoms with Gasteiger partial charge in [0.1, 0.15) is 17.9 Å². The van der Waals surface area contributed by atoms with E-state index in [9.17, 15) is 15.0 Å². The molecule has 3 aromatic rings. The van der Waals surface area contributed by atoms with Crippen LogP contribution in [0.4, 0.5) is 14.5 Å². The van der Waals surface area contributed by atoms with Gasteiger partial charge in [-0.05, 0) is 60.8 Å². The van der Waals surface area contributed by atoms with E-state index in [1.54, 1.807) is 43.4 Å². The highest BCUT2D eigenvalue weighted by Gasteiger charge is 2.59. The molecule has 0 aliphatic carbocycles. The molecule has 214 valence electrons. The van der Waals surface area contributed by atoms with Gasteiger partial charge in [0.05, 0.1) is 22.2 Å². The highest BCUT2D eigenvalue weighted by Crippen LogP contribution is 2.51. The number of hydrogen-bond donors (Lipinski definition) is 5. The molecule has 1 aliphatic rings. The van der Waals surface area contributed by atoms with Crippen molar-refractivity contribution in [3.63, 3.8) is 0 Å². The number of aliphatic hydroxyl groups excluding tert-OH is 1. The Morgan fingerprint density at radius 1 is 1.10 bits per heavy atom. The summed E-state index contributed by atoms with van der Waals surface area (Å²) < 4.78 is 31.6. The van der Waals surface area contributed by atoms with Crippen LogP contribution in [0, 0.1) is 17.0 Å². The Morgan fingerprint density at radius 2 is 1.80 bits per heavy atom.